The number of ether oxygens (including phenoxy) is 2. The molecule has 1 N–H and O–H groups in total. The van der Waals surface area contributed by atoms with Crippen molar-refractivity contribution in [1.82, 2.24) is 0 Å². The van der Waals surface area contributed by atoms with Gasteiger partial charge in [0.2, 0.25) is 0 Å². The van der Waals surface area contributed by atoms with Gasteiger partial charge < -0.3 is 14.6 Å². The summed E-state index contributed by atoms with van der Waals surface area (Å²) in [6.07, 6.45) is 0. The molecule has 1 aromatic carbocycles. The number of benzene rings is 1. The second-order valence-electron chi connectivity index (χ2n) is 7.32. The Morgan fingerprint density at radius 2 is 2.13 bits per heavy atom. The van der Waals surface area contributed by atoms with Gasteiger partial charge in [-0.3, -0.25) is 4.79 Å². The first-order valence-electron chi connectivity index (χ1n) is 7.93. The third kappa shape index (κ3) is 3.42. The monoisotopic (exact) mass is 318 g/mol. The van der Waals surface area contributed by atoms with Gasteiger partial charge in [-0.2, -0.15) is 0 Å². The molecular formula is C19H26O4. The third-order valence-corrected chi connectivity index (χ3v) is 4.20. The van der Waals surface area contributed by atoms with Crippen LogP contribution in [0.5, 0.6) is 5.75 Å². The fraction of sp³-hybridized carbons (Fsp3) is 0.526. The van der Waals surface area contributed by atoms with Crippen molar-refractivity contribution < 1.29 is 19.4 Å². The molecule has 23 heavy (non-hydrogen) atoms. The highest BCUT2D eigenvalue weighted by Gasteiger charge is 2.44. The van der Waals surface area contributed by atoms with Gasteiger partial charge in [-0.1, -0.05) is 33.4 Å². The maximum atomic E-state index is 12.4. The Kier molecular flexibility index (Phi) is 4.58. The van der Waals surface area contributed by atoms with Gasteiger partial charge in [-0.05, 0) is 42.5 Å². The van der Waals surface area contributed by atoms with Crippen LogP contribution in [-0.4, -0.2) is 29.9 Å². The molecule has 0 aromatic heterocycles. The van der Waals surface area contributed by atoms with Gasteiger partial charge >= 0.3 is 5.97 Å². The molecule has 0 aliphatic carbocycles. The first-order valence-corrected chi connectivity index (χ1v) is 7.93. The van der Waals surface area contributed by atoms with Crippen LogP contribution in [0.15, 0.2) is 24.8 Å². The molecule has 1 aliphatic heterocycles. The SMILES string of the molecule is C=C1c2cc(C(C)(C)C)ccc2OCC(C)(O)C1C(=O)OCC. The molecule has 2 rings (SSSR count). The van der Waals surface area contributed by atoms with Crippen molar-refractivity contribution in [2.75, 3.05) is 13.2 Å². The van der Waals surface area contributed by atoms with E-state index in [1.54, 1.807) is 13.8 Å². The van der Waals surface area contributed by atoms with Crippen molar-refractivity contribution in [3.05, 3.63) is 35.9 Å². The maximum absolute atomic E-state index is 12.4. The van der Waals surface area contributed by atoms with E-state index >= 15 is 0 Å². The van der Waals surface area contributed by atoms with Gasteiger partial charge in [-0.15, -0.1) is 0 Å². The average Bonchev–Trinajstić information content (AvgIpc) is 2.53. The highest BCUT2D eigenvalue weighted by atomic mass is 16.5. The van der Waals surface area contributed by atoms with E-state index in [0.29, 0.717) is 11.3 Å². The molecule has 1 aromatic rings. The fourth-order valence-corrected chi connectivity index (χ4v) is 2.83. The fourth-order valence-electron chi connectivity index (χ4n) is 2.83. The molecule has 1 aliphatic rings. The summed E-state index contributed by atoms with van der Waals surface area (Å²) in [4.78, 5) is 12.4. The van der Waals surface area contributed by atoms with E-state index in [2.05, 4.69) is 27.4 Å². The molecular weight excluding hydrogens is 292 g/mol. The number of hydrogen-bond acceptors (Lipinski definition) is 4. The molecule has 0 saturated carbocycles. The second kappa shape index (κ2) is 6.00. The summed E-state index contributed by atoms with van der Waals surface area (Å²) in [5, 5.41) is 10.7. The Bertz CT molecular complexity index is 623. The normalized spacial score (nSPS) is 24.4. The van der Waals surface area contributed by atoms with Gasteiger partial charge in [0.25, 0.3) is 0 Å². The summed E-state index contributed by atoms with van der Waals surface area (Å²) in [5.74, 6) is -0.686. The van der Waals surface area contributed by atoms with E-state index in [1.165, 1.54) is 0 Å². The summed E-state index contributed by atoms with van der Waals surface area (Å²) < 4.78 is 10.9. The lowest BCUT2D eigenvalue weighted by atomic mass is 9.79. The van der Waals surface area contributed by atoms with Gasteiger partial charge in [0, 0.05) is 5.56 Å². The Balaban J connectivity index is 2.53. The summed E-state index contributed by atoms with van der Waals surface area (Å²) in [7, 11) is 0. The molecule has 0 saturated heterocycles. The minimum absolute atomic E-state index is 0.0113. The molecule has 2 atom stereocenters. The van der Waals surface area contributed by atoms with E-state index < -0.39 is 17.5 Å². The van der Waals surface area contributed by atoms with Crippen molar-refractivity contribution in [1.29, 1.82) is 0 Å². The Morgan fingerprint density at radius 1 is 1.48 bits per heavy atom. The van der Waals surface area contributed by atoms with Crippen LogP contribution in [0.4, 0.5) is 0 Å². The van der Waals surface area contributed by atoms with Crippen molar-refractivity contribution in [2.24, 2.45) is 5.92 Å². The van der Waals surface area contributed by atoms with Crippen LogP contribution in [-0.2, 0) is 14.9 Å². The summed E-state index contributed by atoms with van der Waals surface area (Å²) >= 11 is 0. The van der Waals surface area contributed by atoms with E-state index in [9.17, 15) is 9.90 Å². The summed E-state index contributed by atoms with van der Waals surface area (Å²) in [5.41, 5.74) is 0.999. The Morgan fingerprint density at radius 3 is 2.70 bits per heavy atom. The summed E-state index contributed by atoms with van der Waals surface area (Å²) in [6.45, 7) is 14.0. The van der Waals surface area contributed by atoms with Gasteiger partial charge in [0.15, 0.2) is 0 Å². The van der Waals surface area contributed by atoms with E-state index in [4.69, 9.17) is 9.47 Å². The van der Waals surface area contributed by atoms with Crippen LogP contribution in [0.3, 0.4) is 0 Å². The zero-order valence-corrected chi connectivity index (χ0v) is 14.6. The van der Waals surface area contributed by atoms with Crippen LogP contribution in [0, 0.1) is 5.92 Å². The van der Waals surface area contributed by atoms with Crippen molar-refractivity contribution in [3.63, 3.8) is 0 Å². The molecule has 0 fully saturated rings. The van der Waals surface area contributed by atoms with Gasteiger partial charge in [-0.25, -0.2) is 0 Å². The summed E-state index contributed by atoms with van der Waals surface area (Å²) in [6, 6.07) is 5.88. The predicted molar refractivity (Wildman–Crippen MR) is 90.4 cm³/mol. The molecule has 0 amide bonds. The number of carbonyl (C=O) groups is 1. The zero-order valence-electron chi connectivity index (χ0n) is 14.6. The predicted octanol–water partition coefficient (Wildman–Crippen LogP) is 3.32. The number of aliphatic hydroxyl groups is 1. The van der Waals surface area contributed by atoms with E-state index in [1.807, 2.05) is 18.2 Å². The van der Waals surface area contributed by atoms with Crippen molar-refractivity contribution in [2.45, 2.75) is 45.6 Å². The molecule has 0 spiro atoms. The van der Waals surface area contributed by atoms with Crippen LogP contribution < -0.4 is 4.74 Å². The van der Waals surface area contributed by atoms with Crippen molar-refractivity contribution in [3.8, 4) is 5.75 Å². The number of carbonyl (C=O) groups excluding carboxylic acids is 1. The number of fused-ring (bicyclic) bond motifs is 1. The highest BCUT2D eigenvalue weighted by molar-refractivity contribution is 5.91. The lowest BCUT2D eigenvalue weighted by molar-refractivity contribution is -0.154. The Labute approximate surface area is 138 Å². The lowest BCUT2D eigenvalue weighted by Gasteiger charge is -2.29. The standard InChI is InChI=1S/C19H26O4/c1-7-22-17(20)16-12(2)14-10-13(18(3,4)5)8-9-15(14)23-11-19(16,6)21/h8-10,16,21H,2,7,11H2,1,3-6H3. The Hall–Kier alpha value is -1.81. The van der Waals surface area contributed by atoms with Crippen LogP contribution in [0.1, 0.15) is 45.7 Å². The van der Waals surface area contributed by atoms with Crippen LogP contribution >= 0.6 is 0 Å². The average molecular weight is 318 g/mol. The second-order valence-corrected chi connectivity index (χ2v) is 7.32. The van der Waals surface area contributed by atoms with E-state index in [-0.39, 0.29) is 18.6 Å². The lowest BCUT2D eigenvalue weighted by Crippen LogP contribution is -2.44. The van der Waals surface area contributed by atoms with Gasteiger partial charge in [0.1, 0.15) is 23.9 Å². The number of rotatable bonds is 2. The van der Waals surface area contributed by atoms with Gasteiger partial charge in [0.05, 0.1) is 6.61 Å². The molecule has 4 heteroatoms. The molecule has 2 unspecified atom stereocenters. The number of hydrogen-bond donors (Lipinski definition) is 1. The zero-order chi connectivity index (χ0) is 17.4. The minimum Gasteiger partial charge on any atom is -0.490 e. The first kappa shape index (κ1) is 17.5. The third-order valence-electron chi connectivity index (χ3n) is 4.20. The molecule has 1 heterocycles. The van der Waals surface area contributed by atoms with Crippen molar-refractivity contribution >= 4 is 11.5 Å². The number of esters is 1. The van der Waals surface area contributed by atoms with Crippen LogP contribution in [0.25, 0.3) is 5.57 Å². The first-order chi connectivity index (χ1) is 10.6. The smallest absolute Gasteiger partial charge is 0.316 e. The molecule has 4 nitrogen and oxygen atoms in total. The maximum Gasteiger partial charge on any atom is 0.316 e. The van der Waals surface area contributed by atoms with Crippen LogP contribution in [0.2, 0.25) is 0 Å². The molecule has 0 radical (unpaired) electrons. The minimum atomic E-state index is -1.37. The molecule has 0 bridgehead atoms. The topological polar surface area (TPSA) is 55.8 Å². The molecule has 126 valence electrons. The highest BCUT2D eigenvalue weighted by Crippen LogP contribution is 2.41. The largest absolute Gasteiger partial charge is 0.490 e. The van der Waals surface area contributed by atoms with E-state index in [0.717, 1.165) is 11.1 Å². The quantitative estimate of drug-likeness (QED) is 0.850.